The van der Waals surface area contributed by atoms with Crippen molar-refractivity contribution >= 4 is 34.6 Å². The summed E-state index contributed by atoms with van der Waals surface area (Å²) in [7, 11) is 0. The van der Waals surface area contributed by atoms with E-state index in [1.165, 1.54) is 37.0 Å². The zero-order valence-corrected chi connectivity index (χ0v) is 18.0. The van der Waals surface area contributed by atoms with E-state index in [0.29, 0.717) is 0 Å². The topological polar surface area (TPSA) is 95.7 Å². The lowest BCUT2D eigenvalue weighted by Gasteiger charge is -2.16. The van der Waals surface area contributed by atoms with Gasteiger partial charge in [0.15, 0.2) is 0 Å². The molecule has 8 heteroatoms. The van der Waals surface area contributed by atoms with Gasteiger partial charge in [-0.2, -0.15) is 0 Å². The van der Waals surface area contributed by atoms with Crippen molar-refractivity contribution in [3.05, 3.63) is 64.9 Å². The molecule has 0 amide bonds. The summed E-state index contributed by atoms with van der Waals surface area (Å²) in [6.07, 6.45) is 2.01. The van der Waals surface area contributed by atoms with Crippen LogP contribution >= 0.6 is 11.6 Å². The van der Waals surface area contributed by atoms with Crippen molar-refractivity contribution in [3.63, 3.8) is 0 Å². The third-order valence-electron chi connectivity index (χ3n) is 5.10. The van der Waals surface area contributed by atoms with Crippen molar-refractivity contribution in [3.8, 4) is 0 Å². The molecule has 1 fully saturated rings. The second-order valence-corrected chi connectivity index (χ2v) is 7.94. The predicted molar refractivity (Wildman–Crippen MR) is 119 cm³/mol. The van der Waals surface area contributed by atoms with Gasteiger partial charge in [0, 0.05) is 11.6 Å². The average molecular weight is 444 g/mol. The SMILES string of the molecule is Clc1ccc(Cn2c(CN3CCCC3)nc3ccccc32)cc1.O=C(O)CCC(=O)O. The van der Waals surface area contributed by atoms with Gasteiger partial charge in [0.1, 0.15) is 5.82 Å². The minimum atomic E-state index is -1.08. The first-order valence-electron chi connectivity index (χ1n) is 10.3. The maximum Gasteiger partial charge on any atom is 0.303 e. The zero-order valence-electron chi connectivity index (χ0n) is 17.2. The molecule has 4 rings (SSSR count). The van der Waals surface area contributed by atoms with E-state index in [4.69, 9.17) is 26.8 Å². The first kappa shape index (κ1) is 22.8. The molecule has 2 aromatic carbocycles. The number of likely N-dealkylation sites (tertiary alicyclic amines) is 1. The number of carbonyl (C=O) groups is 2. The van der Waals surface area contributed by atoms with E-state index in [-0.39, 0.29) is 12.8 Å². The second-order valence-electron chi connectivity index (χ2n) is 7.50. The quantitative estimate of drug-likeness (QED) is 0.566. The summed E-state index contributed by atoms with van der Waals surface area (Å²) in [4.78, 5) is 26.7. The second kappa shape index (κ2) is 10.9. The van der Waals surface area contributed by atoms with Crippen LogP contribution in [0, 0.1) is 0 Å². The molecule has 2 heterocycles. The van der Waals surface area contributed by atoms with Crippen LogP contribution in [0.15, 0.2) is 48.5 Å². The smallest absolute Gasteiger partial charge is 0.303 e. The number of halogens is 1. The number of aromatic nitrogens is 2. The van der Waals surface area contributed by atoms with Gasteiger partial charge >= 0.3 is 11.9 Å². The fourth-order valence-corrected chi connectivity index (χ4v) is 3.68. The molecular formula is C23H26ClN3O4. The Bertz CT molecular complexity index is 1010. The third kappa shape index (κ3) is 6.80. The van der Waals surface area contributed by atoms with Crippen LogP contribution in [0.2, 0.25) is 5.02 Å². The number of fused-ring (bicyclic) bond motifs is 1. The van der Waals surface area contributed by atoms with Crippen molar-refractivity contribution in [2.24, 2.45) is 0 Å². The van der Waals surface area contributed by atoms with E-state index in [9.17, 15) is 9.59 Å². The summed E-state index contributed by atoms with van der Waals surface area (Å²) in [5, 5.41) is 16.6. The van der Waals surface area contributed by atoms with Gasteiger partial charge in [0.05, 0.1) is 30.4 Å². The maximum atomic E-state index is 9.64. The highest BCUT2D eigenvalue weighted by molar-refractivity contribution is 6.30. The highest BCUT2D eigenvalue weighted by Gasteiger charge is 2.17. The Hall–Kier alpha value is -2.90. The molecule has 0 bridgehead atoms. The first-order chi connectivity index (χ1) is 14.9. The van der Waals surface area contributed by atoms with Gasteiger partial charge in [-0.1, -0.05) is 35.9 Å². The largest absolute Gasteiger partial charge is 0.481 e. The standard InChI is InChI=1S/C19H20ClN3.C4H6O4/c20-16-9-7-15(8-10-16)13-23-18-6-2-1-5-17(18)21-19(23)14-22-11-3-4-12-22;5-3(6)1-2-4(7)8/h1-2,5-10H,3-4,11-14H2;1-2H2,(H,5,6)(H,7,8). The number of benzene rings is 2. The van der Waals surface area contributed by atoms with Crippen molar-refractivity contribution in [2.75, 3.05) is 13.1 Å². The molecule has 0 radical (unpaired) electrons. The van der Waals surface area contributed by atoms with Gasteiger partial charge < -0.3 is 14.8 Å². The maximum absolute atomic E-state index is 9.64. The molecule has 3 aromatic rings. The van der Waals surface area contributed by atoms with Crippen LogP contribution in [0.1, 0.15) is 37.1 Å². The molecule has 1 saturated heterocycles. The molecule has 0 atom stereocenters. The van der Waals surface area contributed by atoms with Gasteiger partial charge in [-0.05, 0) is 55.8 Å². The van der Waals surface area contributed by atoms with Crippen LogP contribution in [-0.4, -0.2) is 49.7 Å². The summed E-state index contributed by atoms with van der Waals surface area (Å²) < 4.78 is 2.34. The molecule has 0 saturated carbocycles. The number of hydrogen-bond donors (Lipinski definition) is 2. The van der Waals surface area contributed by atoms with Crippen LogP contribution in [0.25, 0.3) is 11.0 Å². The lowest BCUT2D eigenvalue weighted by Crippen LogP contribution is -2.21. The summed E-state index contributed by atoms with van der Waals surface area (Å²) in [6.45, 7) is 4.14. The van der Waals surface area contributed by atoms with Gasteiger partial charge in [-0.15, -0.1) is 0 Å². The van der Waals surface area contributed by atoms with Crippen molar-refractivity contribution in [1.82, 2.24) is 14.5 Å². The molecule has 7 nitrogen and oxygen atoms in total. The third-order valence-corrected chi connectivity index (χ3v) is 5.36. The van der Waals surface area contributed by atoms with Crippen molar-refractivity contribution in [1.29, 1.82) is 0 Å². The molecule has 2 N–H and O–H groups in total. The lowest BCUT2D eigenvalue weighted by molar-refractivity contribution is -0.143. The van der Waals surface area contributed by atoms with E-state index in [1.807, 2.05) is 12.1 Å². The molecule has 31 heavy (non-hydrogen) atoms. The average Bonchev–Trinajstić information content (AvgIpc) is 3.37. The summed E-state index contributed by atoms with van der Waals surface area (Å²) in [6, 6.07) is 16.5. The number of para-hydroxylation sites is 2. The Morgan fingerprint density at radius 3 is 2.13 bits per heavy atom. The summed E-state index contributed by atoms with van der Waals surface area (Å²) >= 11 is 6.01. The van der Waals surface area contributed by atoms with Crippen LogP contribution in [-0.2, 0) is 22.7 Å². The number of nitrogens with zero attached hydrogens (tertiary/aromatic N) is 3. The van der Waals surface area contributed by atoms with Gasteiger partial charge in [0.25, 0.3) is 0 Å². The molecule has 0 spiro atoms. The van der Waals surface area contributed by atoms with Crippen LogP contribution in [0.4, 0.5) is 0 Å². The van der Waals surface area contributed by atoms with Crippen LogP contribution in [0.5, 0.6) is 0 Å². The highest BCUT2D eigenvalue weighted by Crippen LogP contribution is 2.21. The zero-order chi connectivity index (χ0) is 22.2. The number of carboxylic acids is 2. The minimum Gasteiger partial charge on any atom is -0.481 e. The molecule has 164 valence electrons. The van der Waals surface area contributed by atoms with E-state index < -0.39 is 11.9 Å². The first-order valence-corrected chi connectivity index (χ1v) is 10.6. The number of rotatable bonds is 7. The van der Waals surface area contributed by atoms with Crippen molar-refractivity contribution < 1.29 is 19.8 Å². The van der Waals surface area contributed by atoms with Crippen molar-refractivity contribution in [2.45, 2.75) is 38.8 Å². The summed E-state index contributed by atoms with van der Waals surface area (Å²) in [5.41, 5.74) is 3.53. The van der Waals surface area contributed by atoms with Gasteiger partial charge in [-0.3, -0.25) is 14.5 Å². The molecule has 0 aliphatic carbocycles. The Morgan fingerprint density at radius 2 is 1.52 bits per heavy atom. The number of aliphatic carboxylic acids is 2. The summed E-state index contributed by atoms with van der Waals surface area (Å²) in [5.74, 6) is -0.997. The molecular weight excluding hydrogens is 418 g/mol. The normalized spacial score (nSPS) is 13.7. The Balaban J connectivity index is 0.000000293. The number of imidazole rings is 1. The Morgan fingerprint density at radius 1 is 0.903 bits per heavy atom. The van der Waals surface area contributed by atoms with E-state index in [2.05, 4.69) is 45.9 Å². The minimum absolute atomic E-state index is 0.296. The molecule has 1 aliphatic rings. The van der Waals surface area contributed by atoms with Gasteiger partial charge in [0.2, 0.25) is 0 Å². The molecule has 0 unspecified atom stereocenters. The molecule has 1 aliphatic heterocycles. The Kier molecular flexibility index (Phi) is 8.03. The fraction of sp³-hybridized carbons (Fsp3) is 0.348. The monoisotopic (exact) mass is 443 g/mol. The molecule has 1 aromatic heterocycles. The lowest BCUT2D eigenvalue weighted by atomic mass is 10.2. The number of hydrogen-bond acceptors (Lipinski definition) is 4. The highest BCUT2D eigenvalue weighted by atomic mass is 35.5. The predicted octanol–water partition coefficient (Wildman–Crippen LogP) is 4.27. The van der Waals surface area contributed by atoms with E-state index in [0.717, 1.165) is 29.5 Å². The van der Waals surface area contributed by atoms with E-state index >= 15 is 0 Å². The Labute approximate surface area is 185 Å². The van der Waals surface area contributed by atoms with Crippen LogP contribution in [0.3, 0.4) is 0 Å². The van der Waals surface area contributed by atoms with Crippen LogP contribution < -0.4 is 0 Å². The number of carboxylic acid groups (broad SMARTS) is 2. The van der Waals surface area contributed by atoms with E-state index in [1.54, 1.807) is 0 Å². The fourth-order valence-electron chi connectivity index (χ4n) is 3.55. The van der Waals surface area contributed by atoms with Gasteiger partial charge in [-0.25, -0.2) is 4.98 Å².